The van der Waals surface area contributed by atoms with Crippen molar-refractivity contribution in [3.8, 4) is 88.3 Å². The molecule has 24 nitrogen and oxygen atoms in total. The van der Waals surface area contributed by atoms with Crippen molar-refractivity contribution in [2.75, 3.05) is 64.7 Å². The third kappa shape index (κ3) is 23.4. The molecule has 0 atom stereocenters. The summed E-state index contributed by atoms with van der Waals surface area (Å²) >= 11 is 15.0. The van der Waals surface area contributed by atoms with Crippen LogP contribution in [-0.2, 0) is 9.84 Å². The van der Waals surface area contributed by atoms with Gasteiger partial charge in [-0.3, -0.25) is 0 Å². The number of aromatic nitrogens is 15. The number of sulfone groups is 1. The Hall–Kier alpha value is -9.79. The molecule has 13 N–H and O–H groups in total. The van der Waals surface area contributed by atoms with Crippen molar-refractivity contribution in [3.05, 3.63) is 220 Å². The molecule has 10 heterocycles. The van der Waals surface area contributed by atoms with E-state index in [1.807, 2.05) is 165 Å². The van der Waals surface area contributed by atoms with E-state index in [1.54, 1.807) is 30.9 Å². The number of hydrogen-bond acceptors (Lipinski definition) is 32. The Morgan fingerprint density at radius 3 is 1.14 bits per heavy atom. The number of rotatable bonds is 14. The molecule has 0 aliphatic heterocycles. The number of thiazole rings is 5. The van der Waals surface area contributed by atoms with Crippen molar-refractivity contribution < 1.29 is 8.42 Å². The van der Waals surface area contributed by atoms with Crippen molar-refractivity contribution in [1.29, 1.82) is 0 Å². The van der Waals surface area contributed by atoms with Crippen LogP contribution in [0.1, 0.15) is 22.3 Å². The second-order valence-corrected chi connectivity index (χ2v) is 33.1. The molecule has 0 fully saturated rings. The number of hydrogen-bond donors (Lipinski definition) is 7. The number of thioether (sulfide) groups is 3. The van der Waals surface area contributed by atoms with Crippen molar-refractivity contribution in [2.45, 2.75) is 48.3 Å². The summed E-state index contributed by atoms with van der Waals surface area (Å²) in [5.41, 5.74) is 51.5. The van der Waals surface area contributed by atoms with Gasteiger partial charge in [0.25, 0.3) is 0 Å². The van der Waals surface area contributed by atoms with Crippen LogP contribution in [0.4, 0.5) is 43.0 Å². The van der Waals surface area contributed by atoms with E-state index >= 15 is 0 Å². The zero-order valence-corrected chi connectivity index (χ0v) is 69.6. The van der Waals surface area contributed by atoms with E-state index in [1.165, 1.54) is 120 Å². The quantitative estimate of drug-likeness (QED) is 0.0302. The summed E-state index contributed by atoms with van der Waals surface area (Å²) in [5.74, 6) is 0.531. The summed E-state index contributed by atoms with van der Waals surface area (Å²) in [6.07, 6.45) is 15.2. The minimum Gasteiger partial charge on any atom is -0.399 e. The van der Waals surface area contributed by atoms with Crippen LogP contribution >= 0.6 is 125 Å². The fraction of sp³-hybridized carbons (Fsp3) is 0.110. The molecule has 5 aromatic carbocycles. The monoisotopic (exact) mass is 1730 g/mol. The minimum atomic E-state index is -3.48. The van der Waals surface area contributed by atoms with Gasteiger partial charge in [0, 0.05) is 54.0 Å². The van der Waals surface area contributed by atoms with Gasteiger partial charge in [0.1, 0.15) is 32.3 Å². The van der Waals surface area contributed by atoms with Crippen LogP contribution in [0.25, 0.3) is 88.3 Å². The van der Waals surface area contributed by atoms with E-state index in [0.717, 1.165) is 114 Å². The standard InChI is InChI=1S/C21H19N5S.C14H12N4O2S2.C14H12N4S2.C8H7BrN4S2.C8H8N4S2.C8H11N.BrH/c1-13-10-14(2)12-16(11-13)24-21-23-9-8-17(25-21)18-19(27-20(22)26-18)15-6-4-3-5-7-15;1-22(19,20)14-16-8-7-10(17-14)11-12(21-13(15)18-11)9-5-3-2-4-6-9;1-19-14-16-8-7-10(17-14)11-12(20-13(15)18-11)9-5-3-2-4-6-9;1-14-8-11-3-2-4(12-8)5-6(9)15-7(10)13-5;1-13-8-10-3-2-5(12-8)6-4-14-7(9)11-6;1-6-3-7(2)5-8(9)4-6;/h3-12H,1-2H3,(H2,22,26)(H,23,24,25);2-8H,1H3,(H2,15,18);2-8H,1H3,(H2,15,18);2-3H,1H3,(H2,10,13);2-4H,1H3,(H2,9,11);3-5H,9H2,1-2H3;1H. The molecule has 15 rings (SSSR count). The van der Waals surface area contributed by atoms with Gasteiger partial charge in [-0.1, -0.05) is 184 Å². The number of nitrogens with two attached hydrogens (primary N) is 6. The number of halogens is 2. The fourth-order valence-corrected chi connectivity index (χ4v) is 15.9. The molecular weight excluding hydrogens is 1670 g/mol. The number of anilines is 8. The highest BCUT2D eigenvalue weighted by Gasteiger charge is 2.21. The zero-order chi connectivity index (χ0) is 76.2. The highest BCUT2D eigenvalue weighted by atomic mass is 79.9. The normalized spacial score (nSPS) is 10.6. The third-order valence-corrected chi connectivity index (χ3v) is 21.7. The van der Waals surface area contributed by atoms with Crippen molar-refractivity contribution in [3.63, 3.8) is 0 Å². The first-order valence-corrected chi connectivity index (χ1v) is 42.3. The average molecular weight is 1740 g/mol. The van der Waals surface area contributed by atoms with Crippen molar-refractivity contribution in [2.24, 2.45) is 0 Å². The zero-order valence-electron chi connectivity index (χ0n) is 58.9. The molecule has 15 aromatic rings. The van der Waals surface area contributed by atoms with Gasteiger partial charge in [-0.2, -0.15) is 0 Å². The number of nitrogens with one attached hydrogen (secondary N) is 1. The summed E-state index contributed by atoms with van der Waals surface area (Å²) in [6, 6.07) is 51.1. The van der Waals surface area contributed by atoms with Gasteiger partial charge in [0.05, 0.1) is 43.1 Å². The van der Waals surface area contributed by atoms with Crippen molar-refractivity contribution in [1.82, 2.24) is 74.8 Å². The van der Waals surface area contributed by atoms with E-state index in [4.69, 9.17) is 34.4 Å². The molecule has 0 bridgehead atoms. The maximum Gasteiger partial charge on any atom is 0.247 e. The van der Waals surface area contributed by atoms with Crippen LogP contribution < -0.4 is 39.7 Å². The molecule has 0 spiro atoms. The smallest absolute Gasteiger partial charge is 0.247 e. The van der Waals surface area contributed by atoms with E-state index < -0.39 is 9.84 Å². The first kappa shape index (κ1) is 82.3. The largest absolute Gasteiger partial charge is 0.399 e. The summed E-state index contributed by atoms with van der Waals surface area (Å²) in [4.78, 5) is 66.9. The van der Waals surface area contributed by atoms with Gasteiger partial charge in [0.2, 0.25) is 20.9 Å². The van der Waals surface area contributed by atoms with Gasteiger partial charge in [0.15, 0.2) is 41.1 Å². The number of aryl methyl sites for hydroxylation is 4. The highest BCUT2D eigenvalue weighted by molar-refractivity contribution is 9.11. The Kier molecular flexibility index (Phi) is 30.0. The van der Waals surface area contributed by atoms with Gasteiger partial charge in [-0.05, 0) is 156 Å². The van der Waals surface area contributed by atoms with Crippen LogP contribution in [0, 0.1) is 27.7 Å². The SMILES string of the molecule is Br.CS(=O)(=O)c1nccc(-c2nc(N)sc2-c2ccccc2)n1.CSc1nccc(-c2csc(N)n2)n1.CSc1nccc(-c2nc(N)sc2-c2ccccc2)n1.CSc1nccc(-c2nc(N)sc2Br)n1.Cc1cc(C)cc(N)c1.Cc1cc(C)cc(Nc2nccc(-c3nc(N)sc3-c3ccccc3)n2)c1. The molecule has 10 aromatic heterocycles. The lowest BCUT2D eigenvalue weighted by atomic mass is 10.1. The second kappa shape index (κ2) is 39.4. The molecule has 0 saturated heterocycles. The molecular formula is C73H70Br2N22O2S9. The maximum absolute atomic E-state index is 11.6. The molecule has 0 radical (unpaired) electrons. The molecule has 108 heavy (non-hydrogen) atoms. The lowest BCUT2D eigenvalue weighted by Gasteiger charge is -2.08. The molecule has 0 aliphatic carbocycles. The first-order chi connectivity index (χ1) is 51.5. The average Bonchev–Trinajstić information content (AvgIpc) is 1.63. The number of benzene rings is 5. The maximum atomic E-state index is 11.6. The van der Waals surface area contributed by atoms with E-state index in [-0.39, 0.29) is 22.1 Å². The van der Waals surface area contributed by atoms with Crippen LogP contribution in [0.3, 0.4) is 0 Å². The number of nitrogen functional groups attached to an aromatic ring is 6. The number of nitrogens with zero attached hydrogens (tertiary/aromatic N) is 15. The van der Waals surface area contributed by atoms with E-state index in [9.17, 15) is 8.42 Å². The topological polar surface area (TPSA) is 396 Å². The van der Waals surface area contributed by atoms with Gasteiger partial charge in [-0.15, -0.1) is 28.3 Å². The van der Waals surface area contributed by atoms with E-state index in [0.29, 0.717) is 43.0 Å². The van der Waals surface area contributed by atoms with Crippen LogP contribution in [0.2, 0.25) is 0 Å². The van der Waals surface area contributed by atoms with Crippen molar-refractivity contribution >= 4 is 178 Å². The molecule has 0 unspecified atom stereocenters. The third-order valence-electron chi connectivity index (χ3n) is 14.2. The predicted molar refractivity (Wildman–Crippen MR) is 460 cm³/mol. The highest BCUT2D eigenvalue weighted by Crippen LogP contribution is 2.41. The first-order valence-electron chi connectivity index (χ1n) is 31.8. The Morgan fingerprint density at radius 2 is 0.750 bits per heavy atom. The lowest BCUT2D eigenvalue weighted by molar-refractivity contribution is 0.593. The molecule has 35 heteroatoms. The molecule has 552 valence electrons. The summed E-state index contributed by atoms with van der Waals surface area (Å²) in [5, 5.41) is 9.70. The summed E-state index contributed by atoms with van der Waals surface area (Å²) in [6.45, 7) is 8.23. The fourth-order valence-electron chi connectivity index (χ4n) is 9.88. The molecule has 0 aliphatic rings. The predicted octanol–water partition coefficient (Wildman–Crippen LogP) is 18.1. The Balaban J connectivity index is 0.000000153. The van der Waals surface area contributed by atoms with Crippen LogP contribution in [-0.4, -0.2) is 108 Å². The molecule has 0 saturated carbocycles. The Bertz CT molecular complexity index is 5510. The van der Waals surface area contributed by atoms with Crippen LogP contribution in [0.5, 0.6) is 0 Å². The Labute approximate surface area is 676 Å². The lowest BCUT2D eigenvalue weighted by Crippen LogP contribution is -2.04. The molecule has 0 amide bonds. The second-order valence-electron chi connectivity index (χ2n) is 22.5. The summed E-state index contributed by atoms with van der Waals surface area (Å²) in [7, 11) is -3.48. The van der Waals surface area contributed by atoms with Crippen LogP contribution in [0.15, 0.2) is 219 Å². The van der Waals surface area contributed by atoms with E-state index in [2.05, 4.69) is 134 Å². The summed E-state index contributed by atoms with van der Waals surface area (Å²) < 4.78 is 24.1. The Morgan fingerprint density at radius 1 is 0.389 bits per heavy atom. The van der Waals surface area contributed by atoms with Gasteiger partial charge in [-0.25, -0.2) is 83.2 Å². The van der Waals surface area contributed by atoms with Gasteiger partial charge < -0.3 is 39.7 Å². The minimum absolute atomic E-state index is 0. The van der Waals surface area contributed by atoms with Gasteiger partial charge >= 0.3 is 0 Å².